The van der Waals surface area contributed by atoms with E-state index in [1.54, 1.807) is 12.1 Å². The van der Waals surface area contributed by atoms with E-state index < -0.39 is 0 Å². The van der Waals surface area contributed by atoms with Crippen molar-refractivity contribution in [3.63, 3.8) is 0 Å². The van der Waals surface area contributed by atoms with Crippen molar-refractivity contribution in [2.45, 2.75) is 19.9 Å². The maximum absolute atomic E-state index is 12.3. The summed E-state index contributed by atoms with van der Waals surface area (Å²) in [5.74, 6) is -0.0850. The van der Waals surface area contributed by atoms with Gasteiger partial charge in [0.25, 0.3) is 5.91 Å². The Morgan fingerprint density at radius 2 is 1.95 bits per heavy atom. The van der Waals surface area contributed by atoms with Gasteiger partial charge in [0.1, 0.15) is 0 Å². The van der Waals surface area contributed by atoms with Crippen molar-refractivity contribution < 1.29 is 4.79 Å². The SMILES string of the molecule is CC(C)N(C)CCNC(=O)c1cc(N)ccc1N(C)C. The third kappa shape index (κ3) is 4.42. The van der Waals surface area contributed by atoms with E-state index in [1.165, 1.54) is 0 Å². The Hall–Kier alpha value is -1.75. The van der Waals surface area contributed by atoms with Crippen molar-refractivity contribution in [3.8, 4) is 0 Å². The van der Waals surface area contributed by atoms with Gasteiger partial charge in [0.05, 0.1) is 5.56 Å². The molecule has 5 heteroatoms. The molecule has 112 valence electrons. The van der Waals surface area contributed by atoms with Gasteiger partial charge in [-0.25, -0.2) is 0 Å². The highest BCUT2D eigenvalue weighted by Gasteiger charge is 2.13. The lowest BCUT2D eigenvalue weighted by Gasteiger charge is -2.21. The summed E-state index contributed by atoms with van der Waals surface area (Å²) in [6.45, 7) is 5.70. The first kappa shape index (κ1) is 16.3. The number of benzene rings is 1. The molecule has 0 aliphatic carbocycles. The summed E-state index contributed by atoms with van der Waals surface area (Å²) in [6.07, 6.45) is 0. The molecule has 1 amide bonds. The third-order valence-corrected chi connectivity index (χ3v) is 3.38. The maximum atomic E-state index is 12.3. The van der Waals surface area contributed by atoms with Crippen LogP contribution in [0.25, 0.3) is 0 Å². The van der Waals surface area contributed by atoms with Crippen molar-refractivity contribution in [2.24, 2.45) is 0 Å². The number of nitrogens with zero attached hydrogens (tertiary/aromatic N) is 2. The predicted molar refractivity (Wildman–Crippen MR) is 85.3 cm³/mol. The number of hydrogen-bond donors (Lipinski definition) is 2. The molecule has 0 heterocycles. The third-order valence-electron chi connectivity index (χ3n) is 3.38. The topological polar surface area (TPSA) is 61.6 Å². The lowest BCUT2D eigenvalue weighted by Crippen LogP contribution is -2.36. The minimum absolute atomic E-state index is 0.0850. The fourth-order valence-electron chi connectivity index (χ4n) is 1.82. The number of nitrogens with two attached hydrogens (primary N) is 1. The van der Waals surface area contributed by atoms with E-state index in [-0.39, 0.29) is 5.91 Å². The van der Waals surface area contributed by atoms with Crippen LogP contribution in [0.1, 0.15) is 24.2 Å². The molecule has 0 atom stereocenters. The molecule has 0 aliphatic rings. The van der Waals surface area contributed by atoms with Crippen LogP contribution < -0.4 is 16.0 Å². The average molecular weight is 278 g/mol. The van der Waals surface area contributed by atoms with Crippen LogP contribution in [0.3, 0.4) is 0 Å². The first-order valence-corrected chi connectivity index (χ1v) is 6.88. The van der Waals surface area contributed by atoms with Crippen molar-refractivity contribution in [1.82, 2.24) is 10.2 Å². The van der Waals surface area contributed by atoms with Gasteiger partial charge in [0.15, 0.2) is 0 Å². The lowest BCUT2D eigenvalue weighted by molar-refractivity contribution is 0.0948. The molecule has 0 saturated carbocycles. The Labute approximate surface area is 121 Å². The minimum Gasteiger partial charge on any atom is -0.399 e. The summed E-state index contributed by atoms with van der Waals surface area (Å²) in [5, 5.41) is 2.94. The molecular weight excluding hydrogens is 252 g/mol. The van der Waals surface area contributed by atoms with E-state index in [2.05, 4.69) is 24.1 Å². The first-order valence-electron chi connectivity index (χ1n) is 6.88. The molecule has 0 unspecified atom stereocenters. The normalized spacial score (nSPS) is 10.9. The number of hydrogen-bond acceptors (Lipinski definition) is 4. The van der Waals surface area contributed by atoms with Crippen molar-refractivity contribution in [1.29, 1.82) is 0 Å². The van der Waals surface area contributed by atoms with Gasteiger partial charge in [0.2, 0.25) is 0 Å². The van der Waals surface area contributed by atoms with Crippen LogP contribution in [-0.2, 0) is 0 Å². The van der Waals surface area contributed by atoms with Crippen LogP contribution in [0.2, 0.25) is 0 Å². The van der Waals surface area contributed by atoms with Crippen LogP contribution in [0.15, 0.2) is 18.2 Å². The summed E-state index contributed by atoms with van der Waals surface area (Å²) in [6, 6.07) is 5.86. The molecule has 0 spiro atoms. The van der Waals surface area contributed by atoms with Gasteiger partial charge in [-0.3, -0.25) is 4.79 Å². The van der Waals surface area contributed by atoms with Crippen molar-refractivity contribution >= 4 is 17.3 Å². The molecule has 0 fully saturated rings. The molecule has 0 aromatic heterocycles. The smallest absolute Gasteiger partial charge is 0.253 e. The number of nitrogen functional groups attached to an aromatic ring is 1. The Morgan fingerprint density at radius 1 is 1.30 bits per heavy atom. The quantitative estimate of drug-likeness (QED) is 0.772. The number of anilines is 2. The van der Waals surface area contributed by atoms with E-state index in [0.717, 1.165) is 12.2 Å². The van der Waals surface area contributed by atoms with Gasteiger partial charge in [0, 0.05) is 44.6 Å². The lowest BCUT2D eigenvalue weighted by atomic mass is 10.1. The zero-order valence-corrected chi connectivity index (χ0v) is 13.1. The van der Waals surface area contributed by atoms with Gasteiger partial charge in [-0.15, -0.1) is 0 Å². The van der Waals surface area contributed by atoms with Crippen LogP contribution in [0.4, 0.5) is 11.4 Å². The number of rotatable bonds is 6. The number of amides is 1. The zero-order chi connectivity index (χ0) is 15.3. The standard InChI is InChI=1S/C15H26N4O/c1-11(2)19(5)9-8-17-15(20)13-10-12(16)6-7-14(13)18(3)4/h6-7,10-11H,8-9,16H2,1-5H3,(H,17,20). The fourth-order valence-corrected chi connectivity index (χ4v) is 1.82. The Balaban J connectivity index is 2.70. The van der Waals surface area contributed by atoms with Gasteiger partial charge in [-0.1, -0.05) is 0 Å². The van der Waals surface area contributed by atoms with E-state index >= 15 is 0 Å². The molecule has 1 aromatic carbocycles. The summed E-state index contributed by atoms with van der Waals surface area (Å²) < 4.78 is 0. The maximum Gasteiger partial charge on any atom is 0.253 e. The van der Waals surface area contributed by atoms with Crippen LogP contribution in [0, 0.1) is 0 Å². The van der Waals surface area contributed by atoms with Crippen LogP contribution in [0.5, 0.6) is 0 Å². The van der Waals surface area contributed by atoms with Gasteiger partial charge in [-0.2, -0.15) is 0 Å². The molecule has 0 saturated heterocycles. The molecule has 1 rings (SSSR count). The highest BCUT2D eigenvalue weighted by atomic mass is 16.1. The average Bonchev–Trinajstić information content (AvgIpc) is 2.37. The number of carbonyl (C=O) groups excluding carboxylic acids is 1. The van der Waals surface area contributed by atoms with Gasteiger partial charge < -0.3 is 20.9 Å². The number of nitrogens with one attached hydrogen (secondary N) is 1. The molecule has 3 N–H and O–H groups in total. The molecule has 5 nitrogen and oxygen atoms in total. The zero-order valence-electron chi connectivity index (χ0n) is 13.1. The first-order chi connectivity index (χ1) is 9.32. The minimum atomic E-state index is -0.0850. The van der Waals surface area contributed by atoms with Crippen molar-refractivity contribution in [3.05, 3.63) is 23.8 Å². The van der Waals surface area contributed by atoms with Crippen molar-refractivity contribution in [2.75, 3.05) is 44.9 Å². The molecular formula is C15H26N4O. The van der Waals surface area contributed by atoms with Crippen LogP contribution in [-0.4, -0.2) is 51.1 Å². The van der Waals surface area contributed by atoms with E-state index in [9.17, 15) is 4.79 Å². The van der Waals surface area contributed by atoms with E-state index in [1.807, 2.05) is 32.1 Å². The monoisotopic (exact) mass is 278 g/mol. The number of likely N-dealkylation sites (N-methyl/N-ethyl adjacent to an activating group) is 1. The second-order valence-electron chi connectivity index (χ2n) is 5.50. The Morgan fingerprint density at radius 3 is 2.50 bits per heavy atom. The summed E-state index contributed by atoms with van der Waals surface area (Å²) in [4.78, 5) is 16.4. The summed E-state index contributed by atoms with van der Waals surface area (Å²) in [7, 11) is 5.87. The second-order valence-corrected chi connectivity index (χ2v) is 5.50. The number of carbonyl (C=O) groups is 1. The highest BCUT2D eigenvalue weighted by Crippen LogP contribution is 2.21. The fraction of sp³-hybridized carbons (Fsp3) is 0.533. The van der Waals surface area contributed by atoms with Crippen LogP contribution >= 0.6 is 0 Å². The van der Waals surface area contributed by atoms with E-state index in [0.29, 0.717) is 23.8 Å². The Kier molecular flexibility index (Phi) is 5.82. The van der Waals surface area contributed by atoms with Gasteiger partial charge >= 0.3 is 0 Å². The molecule has 1 aromatic rings. The Bertz CT molecular complexity index is 457. The summed E-state index contributed by atoms with van der Waals surface area (Å²) >= 11 is 0. The molecule has 0 aliphatic heterocycles. The largest absolute Gasteiger partial charge is 0.399 e. The highest BCUT2D eigenvalue weighted by molar-refractivity contribution is 6.00. The molecule has 20 heavy (non-hydrogen) atoms. The molecule has 0 radical (unpaired) electrons. The second kappa shape index (κ2) is 7.14. The van der Waals surface area contributed by atoms with E-state index in [4.69, 9.17) is 5.73 Å². The molecule has 0 bridgehead atoms. The van der Waals surface area contributed by atoms with Gasteiger partial charge in [-0.05, 0) is 39.1 Å². The summed E-state index contributed by atoms with van der Waals surface area (Å²) in [5.41, 5.74) is 7.86. The predicted octanol–water partition coefficient (Wildman–Crippen LogP) is 1.40.